The summed E-state index contributed by atoms with van der Waals surface area (Å²) >= 11 is 1.49. The van der Waals surface area contributed by atoms with Gasteiger partial charge in [-0.25, -0.2) is 4.98 Å². The minimum Gasteiger partial charge on any atom is -0.497 e. The Morgan fingerprint density at radius 1 is 0.968 bits per heavy atom. The van der Waals surface area contributed by atoms with E-state index in [4.69, 9.17) is 18.6 Å². The standard InChI is InChI=1S/C24H21NO5S/c1-14-25-18(13-31-14)23-20(10-6-15-5-9-19(28-3)22(11-15)29-4)30-21-12-16(27-2)7-8-17(21)24(23)26/h5-13H,1-4H3/b10-6+. The van der Waals surface area contributed by atoms with E-state index < -0.39 is 0 Å². The maximum atomic E-state index is 13.3. The molecule has 158 valence electrons. The molecule has 4 aromatic rings. The molecule has 31 heavy (non-hydrogen) atoms. The Labute approximate surface area is 183 Å². The fraction of sp³-hybridized carbons (Fsp3) is 0.167. The zero-order valence-electron chi connectivity index (χ0n) is 17.6. The zero-order chi connectivity index (χ0) is 22.0. The van der Waals surface area contributed by atoms with Crippen molar-refractivity contribution in [1.82, 2.24) is 4.98 Å². The van der Waals surface area contributed by atoms with Crippen molar-refractivity contribution in [2.45, 2.75) is 6.92 Å². The lowest BCUT2D eigenvalue weighted by atomic mass is 10.1. The van der Waals surface area contributed by atoms with Gasteiger partial charge in [0.15, 0.2) is 11.5 Å². The zero-order valence-corrected chi connectivity index (χ0v) is 18.4. The van der Waals surface area contributed by atoms with E-state index in [0.717, 1.165) is 10.6 Å². The number of hydrogen-bond acceptors (Lipinski definition) is 7. The van der Waals surface area contributed by atoms with Crippen LogP contribution in [0.1, 0.15) is 16.3 Å². The van der Waals surface area contributed by atoms with Crippen LogP contribution in [0.15, 0.2) is 51.0 Å². The van der Waals surface area contributed by atoms with E-state index in [1.807, 2.05) is 36.6 Å². The third kappa shape index (κ3) is 4.04. The van der Waals surface area contributed by atoms with E-state index in [9.17, 15) is 4.79 Å². The number of hydrogen-bond donors (Lipinski definition) is 0. The van der Waals surface area contributed by atoms with Crippen LogP contribution in [0.2, 0.25) is 0 Å². The highest BCUT2D eigenvalue weighted by atomic mass is 32.1. The molecular formula is C24H21NO5S. The van der Waals surface area contributed by atoms with Gasteiger partial charge in [0.1, 0.15) is 17.1 Å². The lowest BCUT2D eigenvalue weighted by Gasteiger charge is -2.08. The van der Waals surface area contributed by atoms with Gasteiger partial charge in [-0.2, -0.15) is 0 Å². The quantitative estimate of drug-likeness (QED) is 0.403. The summed E-state index contributed by atoms with van der Waals surface area (Å²) in [7, 11) is 4.75. The first kappa shape index (κ1) is 20.7. The van der Waals surface area contributed by atoms with Crippen molar-refractivity contribution in [3.8, 4) is 28.5 Å². The van der Waals surface area contributed by atoms with Crippen molar-refractivity contribution in [2.75, 3.05) is 21.3 Å². The van der Waals surface area contributed by atoms with Gasteiger partial charge in [0, 0.05) is 11.4 Å². The van der Waals surface area contributed by atoms with Crippen LogP contribution >= 0.6 is 11.3 Å². The summed E-state index contributed by atoms with van der Waals surface area (Å²) in [5.41, 5.74) is 2.21. The highest BCUT2D eigenvalue weighted by molar-refractivity contribution is 7.09. The van der Waals surface area contributed by atoms with Crippen molar-refractivity contribution in [3.63, 3.8) is 0 Å². The maximum Gasteiger partial charge on any atom is 0.202 e. The van der Waals surface area contributed by atoms with Crippen LogP contribution in [0.3, 0.4) is 0 Å². The molecule has 0 spiro atoms. The van der Waals surface area contributed by atoms with Crippen LogP contribution in [-0.4, -0.2) is 26.3 Å². The molecule has 0 fully saturated rings. The summed E-state index contributed by atoms with van der Waals surface area (Å²) < 4.78 is 22.1. The molecule has 0 aliphatic rings. The third-order valence-corrected chi connectivity index (χ3v) is 5.61. The van der Waals surface area contributed by atoms with Crippen molar-refractivity contribution in [2.24, 2.45) is 0 Å². The van der Waals surface area contributed by atoms with E-state index in [2.05, 4.69) is 4.98 Å². The molecule has 0 N–H and O–H groups in total. The summed E-state index contributed by atoms with van der Waals surface area (Å²) in [5.74, 6) is 2.29. The van der Waals surface area contributed by atoms with Crippen molar-refractivity contribution >= 4 is 34.5 Å². The summed E-state index contributed by atoms with van der Waals surface area (Å²) in [4.78, 5) is 17.9. The second kappa shape index (κ2) is 8.65. The van der Waals surface area contributed by atoms with Gasteiger partial charge in [-0.05, 0) is 42.8 Å². The number of ether oxygens (including phenoxy) is 3. The Morgan fingerprint density at radius 3 is 2.45 bits per heavy atom. The summed E-state index contributed by atoms with van der Waals surface area (Å²) in [5, 5.41) is 3.22. The van der Waals surface area contributed by atoms with Gasteiger partial charge >= 0.3 is 0 Å². The number of rotatable bonds is 6. The third-order valence-electron chi connectivity index (χ3n) is 4.84. The number of thiazole rings is 1. The number of benzene rings is 2. The molecule has 0 atom stereocenters. The Morgan fingerprint density at radius 2 is 1.77 bits per heavy atom. The lowest BCUT2D eigenvalue weighted by molar-refractivity contribution is 0.355. The largest absolute Gasteiger partial charge is 0.497 e. The molecular weight excluding hydrogens is 414 g/mol. The molecule has 2 heterocycles. The first-order valence-corrected chi connectivity index (χ1v) is 10.4. The average Bonchev–Trinajstić information content (AvgIpc) is 3.22. The number of nitrogens with zero attached hydrogens (tertiary/aromatic N) is 1. The van der Waals surface area contributed by atoms with E-state index in [1.165, 1.54) is 11.3 Å². The van der Waals surface area contributed by atoms with E-state index in [0.29, 0.717) is 45.2 Å². The predicted molar refractivity (Wildman–Crippen MR) is 123 cm³/mol. The normalized spacial score (nSPS) is 11.2. The van der Waals surface area contributed by atoms with Gasteiger partial charge in [0.2, 0.25) is 5.43 Å². The molecule has 2 aromatic heterocycles. The Kier molecular flexibility index (Phi) is 5.77. The molecule has 0 amide bonds. The van der Waals surface area contributed by atoms with Crippen LogP contribution in [-0.2, 0) is 0 Å². The van der Waals surface area contributed by atoms with Crippen LogP contribution in [0.25, 0.3) is 34.4 Å². The molecule has 0 saturated carbocycles. The summed E-state index contributed by atoms with van der Waals surface area (Å²) in [6, 6.07) is 10.7. The molecule has 6 nitrogen and oxygen atoms in total. The van der Waals surface area contributed by atoms with Crippen LogP contribution < -0.4 is 19.6 Å². The number of fused-ring (bicyclic) bond motifs is 1. The van der Waals surface area contributed by atoms with E-state index in [-0.39, 0.29) is 5.43 Å². The topological polar surface area (TPSA) is 70.8 Å². The van der Waals surface area contributed by atoms with Crippen molar-refractivity contribution in [1.29, 1.82) is 0 Å². The van der Waals surface area contributed by atoms with E-state index in [1.54, 1.807) is 45.6 Å². The molecule has 4 rings (SSSR count). The molecule has 0 unspecified atom stereocenters. The van der Waals surface area contributed by atoms with Gasteiger partial charge in [-0.1, -0.05) is 12.1 Å². The monoisotopic (exact) mass is 435 g/mol. The smallest absolute Gasteiger partial charge is 0.202 e. The molecule has 7 heteroatoms. The highest BCUT2D eigenvalue weighted by Gasteiger charge is 2.17. The fourth-order valence-corrected chi connectivity index (χ4v) is 3.89. The molecule has 0 aliphatic carbocycles. The number of aromatic nitrogens is 1. The Bertz CT molecular complexity index is 1340. The lowest BCUT2D eigenvalue weighted by Crippen LogP contribution is -2.08. The molecule has 0 radical (unpaired) electrons. The molecule has 2 aromatic carbocycles. The SMILES string of the molecule is COc1ccc2c(=O)c(-c3csc(C)n3)c(/C=C/c3ccc(OC)c(OC)c3)oc2c1. The molecule has 0 saturated heterocycles. The van der Waals surface area contributed by atoms with Crippen LogP contribution in [0, 0.1) is 6.92 Å². The number of aryl methyl sites for hydroxylation is 1. The second-order valence-corrected chi connectivity index (χ2v) is 7.79. The van der Waals surface area contributed by atoms with Gasteiger partial charge in [0.05, 0.1) is 43.0 Å². The van der Waals surface area contributed by atoms with Gasteiger partial charge in [-0.3, -0.25) is 4.79 Å². The molecule has 0 aliphatic heterocycles. The van der Waals surface area contributed by atoms with Crippen LogP contribution in [0.5, 0.6) is 17.2 Å². The maximum absolute atomic E-state index is 13.3. The fourth-order valence-electron chi connectivity index (χ4n) is 3.28. The first-order valence-electron chi connectivity index (χ1n) is 9.51. The van der Waals surface area contributed by atoms with Gasteiger partial charge in [0.25, 0.3) is 0 Å². The predicted octanol–water partition coefficient (Wildman–Crippen LogP) is 5.42. The highest BCUT2D eigenvalue weighted by Crippen LogP contribution is 2.31. The Balaban J connectivity index is 1.89. The van der Waals surface area contributed by atoms with E-state index >= 15 is 0 Å². The number of methoxy groups -OCH3 is 3. The van der Waals surface area contributed by atoms with Crippen molar-refractivity contribution < 1.29 is 18.6 Å². The summed E-state index contributed by atoms with van der Waals surface area (Å²) in [6.45, 7) is 1.90. The minimum absolute atomic E-state index is 0.138. The van der Waals surface area contributed by atoms with Gasteiger partial charge < -0.3 is 18.6 Å². The molecule has 0 bridgehead atoms. The van der Waals surface area contributed by atoms with Crippen LogP contribution in [0.4, 0.5) is 0 Å². The summed E-state index contributed by atoms with van der Waals surface area (Å²) in [6.07, 6.45) is 3.63. The second-order valence-electron chi connectivity index (χ2n) is 6.73. The van der Waals surface area contributed by atoms with Crippen molar-refractivity contribution in [3.05, 3.63) is 68.3 Å². The minimum atomic E-state index is -0.138. The Hall–Kier alpha value is -3.58. The van der Waals surface area contributed by atoms with Gasteiger partial charge in [-0.15, -0.1) is 11.3 Å². The average molecular weight is 436 g/mol. The first-order chi connectivity index (χ1) is 15.0.